The smallest absolute Gasteiger partial charge is 0.228 e. The van der Waals surface area contributed by atoms with Crippen molar-refractivity contribution in [1.29, 1.82) is 0 Å². The molecule has 98 valence electrons. The van der Waals surface area contributed by atoms with Gasteiger partial charge in [0.05, 0.1) is 5.52 Å². The first-order valence-corrected chi connectivity index (χ1v) is 6.58. The van der Waals surface area contributed by atoms with Crippen LogP contribution in [0.2, 0.25) is 0 Å². The molecule has 0 bridgehead atoms. The van der Waals surface area contributed by atoms with E-state index < -0.39 is 0 Å². The van der Waals surface area contributed by atoms with E-state index in [9.17, 15) is 9.18 Å². The van der Waals surface area contributed by atoms with Crippen molar-refractivity contribution in [2.45, 2.75) is 26.2 Å². The van der Waals surface area contributed by atoms with Crippen molar-refractivity contribution in [3.05, 3.63) is 35.6 Å². The quantitative estimate of drug-likeness (QED) is 0.829. The highest BCUT2D eigenvalue weighted by molar-refractivity contribution is 5.96. The monoisotopic (exact) mass is 258 g/mol. The molecule has 1 amide bonds. The van der Waals surface area contributed by atoms with Gasteiger partial charge in [-0.25, -0.2) is 9.37 Å². The number of benzene rings is 1. The van der Waals surface area contributed by atoms with Gasteiger partial charge in [-0.3, -0.25) is 9.69 Å². The maximum atomic E-state index is 13.2. The van der Waals surface area contributed by atoms with E-state index >= 15 is 0 Å². The summed E-state index contributed by atoms with van der Waals surface area (Å²) in [5.74, 6) is 0.505. The Morgan fingerprint density at radius 2 is 2.26 bits per heavy atom. The number of fused-ring (bicyclic) bond motifs is 2. The van der Waals surface area contributed by atoms with Crippen LogP contribution in [-0.4, -0.2) is 17.4 Å². The molecule has 3 rings (SSSR count). The summed E-state index contributed by atoms with van der Waals surface area (Å²) in [6, 6.07) is 6.59. The Morgan fingerprint density at radius 1 is 1.42 bits per heavy atom. The molecule has 3 nitrogen and oxygen atoms in total. The molecule has 0 radical (unpaired) electrons. The maximum Gasteiger partial charge on any atom is 0.228 e. The van der Waals surface area contributed by atoms with E-state index in [2.05, 4.69) is 4.98 Å². The molecular formula is C15H15FN2O. The van der Waals surface area contributed by atoms with Gasteiger partial charge in [0.2, 0.25) is 5.91 Å². The summed E-state index contributed by atoms with van der Waals surface area (Å²) in [5, 5.41) is 0.921. The van der Waals surface area contributed by atoms with Crippen molar-refractivity contribution in [1.82, 2.24) is 4.98 Å². The number of aromatic nitrogens is 1. The van der Waals surface area contributed by atoms with Crippen LogP contribution < -0.4 is 4.90 Å². The number of hydrogen-bond donors (Lipinski definition) is 0. The third kappa shape index (κ3) is 2.07. The van der Waals surface area contributed by atoms with Crippen molar-refractivity contribution in [3.63, 3.8) is 0 Å². The van der Waals surface area contributed by atoms with Gasteiger partial charge in [0.1, 0.15) is 11.6 Å². The molecule has 2 aromatic rings. The van der Waals surface area contributed by atoms with Crippen molar-refractivity contribution in [2.24, 2.45) is 0 Å². The molecule has 2 heterocycles. The Bertz CT molecular complexity index is 654. The van der Waals surface area contributed by atoms with E-state index in [1.54, 1.807) is 11.0 Å². The highest BCUT2D eigenvalue weighted by Crippen LogP contribution is 2.30. The molecule has 0 aliphatic carbocycles. The largest absolute Gasteiger partial charge is 0.296 e. The molecule has 4 heteroatoms. The van der Waals surface area contributed by atoms with Crippen LogP contribution in [-0.2, 0) is 11.2 Å². The van der Waals surface area contributed by atoms with Crippen LogP contribution in [0.5, 0.6) is 0 Å². The zero-order chi connectivity index (χ0) is 13.4. The lowest BCUT2D eigenvalue weighted by atomic mass is 10.1. The fourth-order valence-electron chi connectivity index (χ4n) is 2.52. The lowest BCUT2D eigenvalue weighted by molar-refractivity contribution is -0.118. The normalized spacial score (nSPS) is 13.9. The molecule has 0 saturated carbocycles. The van der Waals surface area contributed by atoms with Gasteiger partial charge < -0.3 is 0 Å². The number of amides is 1. The lowest BCUT2D eigenvalue weighted by Crippen LogP contribution is -2.29. The van der Waals surface area contributed by atoms with E-state index in [0.29, 0.717) is 24.3 Å². The number of nitrogens with zero attached hydrogens (tertiary/aromatic N) is 2. The molecule has 1 aliphatic rings. The first-order chi connectivity index (χ1) is 9.19. The molecule has 1 aromatic heterocycles. The summed E-state index contributed by atoms with van der Waals surface area (Å²) < 4.78 is 13.2. The third-order valence-corrected chi connectivity index (χ3v) is 3.46. The van der Waals surface area contributed by atoms with Gasteiger partial charge in [0.25, 0.3) is 0 Å². The van der Waals surface area contributed by atoms with Crippen LogP contribution in [0.25, 0.3) is 10.9 Å². The van der Waals surface area contributed by atoms with Gasteiger partial charge in [-0.15, -0.1) is 0 Å². The summed E-state index contributed by atoms with van der Waals surface area (Å²) in [5.41, 5.74) is 1.68. The molecule has 0 fully saturated rings. The fraction of sp³-hybridized carbons (Fsp3) is 0.333. The van der Waals surface area contributed by atoms with Gasteiger partial charge >= 0.3 is 0 Å². The summed E-state index contributed by atoms with van der Waals surface area (Å²) in [6.07, 6.45) is 2.18. The summed E-state index contributed by atoms with van der Waals surface area (Å²) >= 11 is 0. The molecular weight excluding hydrogens is 243 g/mol. The minimum atomic E-state index is -0.301. The molecule has 0 saturated heterocycles. The Hall–Kier alpha value is -1.97. The van der Waals surface area contributed by atoms with E-state index in [1.807, 2.05) is 13.0 Å². The van der Waals surface area contributed by atoms with Crippen LogP contribution >= 0.6 is 0 Å². The zero-order valence-corrected chi connectivity index (χ0v) is 10.8. The average molecular weight is 258 g/mol. The topological polar surface area (TPSA) is 33.2 Å². The van der Waals surface area contributed by atoms with Crippen LogP contribution in [0.3, 0.4) is 0 Å². The Morgan fingerprint density at radius 3 is 3.05 bits per heavy atom. The average Bonchev–Trinajstić information content (AvgIpc) is 2.79. The predicted octanol–water partition coefficient (Wildman–Crippen LogP) is 3.06. The first kappa shape index (κ1) is 12.1. The third-order valence-electron chi connectivity index (χ3n) is 3.46. The van der Waals surface area contributed by atoms with Crippen LogP contribution in [0.15, 0.2) is 24.3 Å². The molecule has 0 spiro atoms. The summed E-state index contributed by atoms with van der Waals surface area (Å²) in [7, 11) is 0. The zero-order valence-electron chi connectivity index (χ0n) is 10.8. The van der Waals surface area contributed by atoms with Gasteiger partial charge in [-0.1, -0.05) is 6.92 Å². The summed E-state index contributed by atoms with van der Waals surface area (Å²) in [6.45, 7) is 2.66. The molecule has 1 aromatic carbocycles. The Balaban J connectivity index is 2.07. The van der Waals surface area contributed by atoms with Crippen LogP contribution in [0.4, 0.5) is 10.2 Å². The molecule has 0 N–H and O–H groups in total. The Kier molecular flexibility index (Phi) is 2.93. The van der Waals surface area contributed by atoms with E-state index in [0.717, 1.165) is 23.8 Å². The number of halogens is 1. The number of anilines is 1. The van der Waals surface area contributed by atoms with Gasteiger partial charge in [-0.05, 0) is 36.6 Å². The fourth-order valence-corrected chi connectivity index (χ4v) is 2.52. The SMILES string of the molecule is CCCC(=O)N1CCc2cc3ccc(F)cc3nc21. The minimum Gasteiger partial charge on any atom is -0.296 e. The number of rotatable bonds is 2. The van der Waals surface area contributed by atoms with Crippen molar-refractivity contribution in [3.8, 4) is 0 Å². The maximum absolute atomic E-state index is 13.2. The highest BCUT2D eigenvalue weighted by Gasteiger charge is 2.25. The second kappa shape index (κ2) is 4.61. The Labute approximate surface area is 111 Å². The van der Waals surface area contributed by atoms with E-state index in [-0.39, 0.29) is 11.7 Å². The van der Waals surface area contributed by atoms with Crippen LogP contribution in [0.1, 0.15) is 25.3 Å². The molecule has 19 heavy (non-hydrogen) atoms. The second-order valence-corrected chi connectivity index (χ2v) is 4.85. The first-order valence-electron chi connectivity index (χ1n) is 6.58. The molecule has 0 atom stereocenters. The lowest BCUT2D eigenvalue weighted by Gasteiger charge is -2.16. The van der Waals surface area contributed by atoms with Crippen molar-refractivity contribution >= 4 is 22.6 Å². The minimum absolute atomic E-state index is 0.101. The standard InChI is InChI=1S/C15H15FN2O/c1-2-3-14(19)18-7-6-11-8-10-4-5-12(16)9-13(10)17-15(11)18/h4-5,8-9H,2-3,6-7H2,1H3. The number of carbonyl (C=O) groups is 1. The number of carbonyl (C=O) groups excluding carboxylic acids is 1. The van der Waals surface area contributed by atoms with Crippen LogP contribution in [0, 0.1) is 5.82 Å². The van der Waals surface area contributed by atoms with Crippen molar-refractivity contribution in [2.75, 3.05) is 11.4 Å². The van der Waals surface area contributed by atoms with Gasteiger partial charge in [0, 0.05) is 24.4 Å². The predicted molar refractivity (Wildman–Crippen MR) is 72.7 cm³/mol. The van der Waals surface area contributed by atoms with Gasteiger partial charge in [0.15, 0.2) is 0 Å². The van der Waals surface area contributed by atoms with E-state index in [1.165, 1.54) is 12.1 Å². The highest BCUT2D eigenvalue weighted by atomic mass is 19.1. The second-order valence-electron chi connectivity index (χ2n) is 4.85. The molecule has 0 unspecified atom stereocenters. The summed E-state index contributed by atoms with van der Waals surface area (Å²) in [4.78, 5) is 18.2. The molecule has 1 aliphatic heterocycles. The van der Waals surface area contributed by atoms with Gasteiger partial charge in [-0.2, -0.15) is 0 Å². The number of hydrogen-bond acceptors (Lipinski definition) is 2. The van der Waals surface area contributed by atoms with Crippen molar-refractivity contribution < 1.29 is 9.18 Å². The number of pyridine rings is 1. The van der Waals surface area contributed by atoms with E-state index in [4.69, 9.17) is 0 Å².